The maximum absolute atomic E-state index is 5.25. The first-order valence-electron chi connectivity index (χ1n) is 16.7. The Morgan fingerprint density at radius 3 is 1.92 bits per heavy atom. The Labute approximate surface area is 283 Å². The molecular weight excluding hydrogens is 597 g/mol. The number of hydrogen-bond acceptors (Lipinski definition) is 3. The van der Waals surface area contributed by atoms with Gasteiger partial charge in [0.1, 0.15) is 12.0 Å². The number of fused-ring (bicyclic) bond motifs is 6. The quantitative estimate of drug-likeness (QED) is 0.207. The molecule has 230 valence electrons. The van der Waals surface area contributed by atoms with Crippen molar-refractivity contribution in [1.29, 1.82) is 0 Å². The minimum Gasteiger partial charge on any atom is -0.344 e. The van der Waals surface area contributed by atoms with E-state index in [1.165, 1.54) is 48.7 Å². The van der Waals surface area contributed by atoms with E-state index >= 15 is 0 Å². The fraction of sp³-hybridized carbons (Fsp3) is 0.0222. The summed E-state index contributed by atoms with van der Waals surface area (Å²) < 4.78 is 2.43. The van der Waals surface area contributed by atoms with Crippen LogP contribution in [0.4, 0.5) is 0 Å². The normalized spacial score (nSPS) is 14.7. The van der Waals surface area contributed by atoms with Crippen LogP contribution in [0.3, 0.4) is 0 Å². The largest absolute Gasteiger partial charge is 0.344 e. The van der Waals surface area contributed by atoms with E-state index in [1.54, 1.807) is 0 Å². The second-order valence-electron chi connectivity index (χ2n) is 12.7. The zero-order chi connectivity index (χ0) is 32.3. The van der Waals surface area contributed by atoms with Crippen molar-refractivity contribution in [3.63, 3.8) is 0 Å². The van der Waals surface area contributed by atoms with Crippen LogP contribution in [0.1, 0.15) is 22.9 Å². The third kappa shape index (κ3) is 4.53. The highest BCUT2D eigenvalue weighted by molar-refractivity contribution is 6.16. The van der Waals surface area contributed by atoms with Gasteiger partial charge in [0.25, 0.3) is 0 Å². The Morgan fingerprint density at radius 1 is 0.449 bits per heavy atom. The van der Waals surface area contributed by atoms with Gasteiger partial charge in [0.15, 0.2) is 5.84 Å². The SMILES string of the molecule is c1ccc(C2=NC(c3ccc(-n4c5ccccc5c5cc6ccccc6cc54)c4ccccc34)NC(c3ccc4ccccc4c3)=N2)cc1. The summed E-state index contributed by atoms with van der Waals surface area (Å²) in [7, 11) is 0. The number of benzene rings is 8. The van der Waals surface area contributed by atoms with E-state index in [4.69, 9.17) is 9.98 Å². The maximum Gasteiger partial charge on any atom is 0.159 e. The first-order valence-corrected chi connectivity index (χ1v) is 16.7. The molecule has 0 radical (unpaired) electrons. The predicted octanol–water partition coefficient (Wildman–Crippen LogP) is 10.7. The molecule has 0 amide bonds. The van der Waals surface area contributed by atoms with Crippen molar-refractivity contribution >= 4 is 65.8 Å². The van der Waals surface area contributed by atoms with Crippen LogP contribution in [0.15, 0.2) is 180 Å². The molecule has 1 N–H and O–H groups in total. The van der Waals surface area contributed by atoms with Crippen LogP contribution in [0.5, 0.6) is 0 Å². The van der Waals surface area contributed by atoms with Gasteiger partial charge < -0.3 is 9.88 Å². The summed E-state index contributed by atoms with van der Waals surface area (Å²) in [4.78, 5) is 10.3. The summed E-state index contributed by atoms with van der Waals surface area (Å²) in [5.74, 6) is 1.53. The molecule has 0 bridgehead atoms. The molecule has 1 aromatic heterocycles. The van der Waals surface area contributed by atoms with Crippen molar-refractivity contribution < 1.29 is 0 Å². The highest BCUT2D eigenvalue weighted by atomic mass is 15.2. The number of amidine groups is 2. The van der Waals surface area contributed by atoms with Gasteiger partial charge in [-0.25, -0.2) is 9.98 Å². The fourth-order valence-electron chi connectivity index (χ4n) is 7.46. The molecule has 49 heavy (non-hydrogen) atoms. The molecule has 1 aliphatic rings. The molecule has 1 unspecified atom stereocenters. The number of hydrogen-bond donors (Lipinski definition) is 1. The molecule has 1 aliphatic heterocycles. The van der Waals surface area contributed by atoms with E-state index in [2.05, 4.69) is 162 Å². The van der Waals surface area contributed by atoms with Gasteiger partial charge in [-0.05, 0) is 57.3 Å². The predicted molar refractivity (Wildman–Crippen MR) is 205 cm³/mol. The molecule has 0 spiro atoms. The minimum atomic E-state index is -0.338. The summed E-state index contributed by atoms with van der Waals surface area (Å²) in [6.45, 7) is 0. The van der Waals surface area contributed by atoms with Gasteiger partial charge in [0.05, 0.1) is 16.7 Å². The summed E-state index contributed by atoms with van der Waals surface area (Å²) in [5.41, 5.74) is 6.66. The van der Waals surface area contributed by atoms with Crippen molar-refractivity contribution in [2.75, 3.05) is 0 Å². The second-order valence-corrected chi connectivity index (χ2v) is 12.7. The van der Waals surface area contributed by atoms with Crippen LogP contribution in [-0.2, 0) is 0 Å². The molecule has 8 aromatic carbocycles. The Bertz CT molecular complexity index is 2810. The lowest BCUT2D eigenvalue weighted by Gasteiger charge is -2.25. The van der Waals surface area contributed by atoms with E-state index < -0.39 is 0 Å². The lowest BCUT2D eigenvalue weighted by molar-refractivity contribution is 0.679. The van der Waals surface area contributed by atoms with Gasteiger partial charge >= 0.3 is 0 Å². The Hall–Kier alpha value is -6.52. The molecule has 9 aromatic rings. The number of nitrogens with zero attached hydrogens (tertiary/aromatic N) is 3. The van der Waals surface area contributed by atoms with Crippen LogP contribution in [0.25, 0.3) is 59.8 Å². The lowest BCUT2D eigenvalue weighted by Crippen LogP contribution is -2.33. The Kier molecular flexibility index (Phi) is 6.21. The lowest BCUT2D eigenvalue weighted by atomic mass is 9.99. The molecule has 0 saturated carbocycles. The van der Waals surface area contributed by atoms with Crippen molar-refractivity contribution in [3.05, 3.63) is 187 Å². The summed E-state index contributed by atoms with van der Waals surface area (Å²) >= 11 is 0. The van der Waals surface area contributed by atoms with Gasteiger partial charge in [-0.1, -0.05) is 140 Å². The number of rotatable bonds is 4. The van der Waals surface area contributed by atoms with Gasteiger partial charge in [-0.15, -0.1) is 0 Å². The average Bonchev–Trinajstić information content (AvgIpc) is 3.49. The average molecular weight is 627 g/mol. The molecule has 10 rings (SSSR count). The molecule has 0 aliphatic carbocycles. The monoisotopic (exact) mass is 626 g/mol. The summed E-state index contributed by atoms with van der Waals surface area (Å²) in [5, 5.41) is 13.4. The third-order valence-corrected chi connectivity index (χ3v) is 9.81. The number of aliphatic imine (C=N–C) groups is 2. The number of para-hydroxylation sites is 1. The zero-order valence-electron chi connectivity index (χ0n) is 26.6. The van der Waals surface area contributed by atoms with Crippen molar-refractivity contribution in [1.82, 2.24) is 9.88 Å². The summed E-state index contributed by atoms with van der Waals surface area (Å²) in [6.07, 6.45) is -0.338. The smallest absolute Gasteiger partial charge is 0.159 e. The third-order valence-electron chi connectivity index (χ3n) is 9.81. The van der Waals surface area contributed by atoms with Crippen LogP contribution in [0, 0.1) is 0 Å². The van der Waals surface area contributed by atoms with Gasteiger partial charge in [-0.3, -0.25) is 0 Å². The standard InChI is InChI=1S/C45H30N4/c1-2-13-30(14-3-1)43-46-44(34-23-22-29-12-4-5-15-31(29)26-34)48-45(47-43)38-24-25-41(36-19-9-8-18-35(36)38)49-40-21-11-10-20-37(40)39-27-32-16-6-7-17-33(32)28-42(39)49/h1-28,45H,(H,46,47,48). The molecule has 0 saturated heterocycles. The molecule has 0 fully saturated rings. The highest BCUT2D eigenvalue weighted by Gasteiger charge is 2.24. The second kappa shape index (κ2) is 11.0. The first kappa shape index (κ1) is 27.6. The number of aromatic nitrogens is 1. The molecule has 4 heteroatoms. The maximum atomic E-state index is 5.25. The van der Waals surface area contributed by atoms with E-state index in [1.807, 2.05) is 18.2 Å². The van der Waals surface area contributed by atoms with Crippen molar-refractivity contribution in [3.8, 4) is 5.69 Å². The van der Waals surface area contributed by atoms with E-state index in [9.17, 15) is 0 Å². The van der Waals surface area contributed by atoms with Crippen LogP contribution in [0.2, 0.25) is 0 Å². The van der Waals surface area contributed by atoms with Crippen molar-refractivity contribution in [2.24, 2.45) is 9.98 Å². The van der Waals surface area contributed by atoms with Crippen LogP contribution in [-0.4, -0.2) is 16.2 Å². The number of nitrogens with one attached hydrogen (secondary N) is 1. The Balaban J connectivity index is 1.17. The zero-order valence-corrected chi connectivity index (χ0v) is 26.6. The van der Waals surface area contributed by atoms with Gasteiger partial charge in [-0.2, -0.15) is 0 Å². The van der Waals surface area contributed by atoms with Crippen molar-refractivity contribution in [2.45, 2.75) is 6.17 Å². The van der Waals surface area contributed by atoms with Crippen LogP contribution < -0.4 is 5.32 Å². The van der Waals surface area contributed by atoms with Gasteiger partial charge in [0, 0.05) is 32.8 Å². The molecular formula is C45H30N4. The van der Waals surface area contributed by atoms with E-state index in [0.29, 0.717) is 0 Å². The topological polar surface area (TPSA) is 41.7 Å². The van der Waals surface area contributed by atoms with Crippen LogP contribution >= 0.6 is 0 Å². The minimum absolute atomic E-state index is 0.338. The molecule has 1 atom stereocenters. The first-order chi connectivity index (χ1) is 24.3. The molecule has 4 nitrogen and oxygen atoms in total. The fourth-order valence-corrected chi connectivity index (χ4v) is 7.46. The van der Waals surface area contributed by atoms with E-state index in [0.717, 1.165) is 39.4 Å². The van der Waals surface area contributed by atoms with E-state index in [-0.39, 0.29) is 6.17 Å². The Morgan fingerprint density at radius 2 is 1.10 bits per heavy atom. The molecule has 2 heterocycles. The summed E-state index contributed by atoms with van der Waals surface area (Å²) in [6, 6.07) is 60.5. The highest BCUT2D eigenvalue weighted by Crippen LogP contribution is 2.39. The van der Waals surface area contributed by atoms with Gasteiger partial charge in [0.2, 0.25) is 0 Å².